The lowest BCUT2D eigenvalue weighted by molar-refractivity contribution is 0.356. The number of nitriles is 1. The van der Waals surface area contributed by atoms with Crippen molar-refractivity contribution < 1.29 is 8.81 Å². The summed E-state index contributed by atoms with van der Waals surface area (Å²) < 4.78 is 19.3. The van der Waals surface area contributed by atoms with Crippen molar-refractivity contribution in [1.29, 1.82) is 5.26 Å². The van der Waals surface area contributed by atoms with Crippen molar-refractivity contribution in [2.24, 2.45) is 0 Å². The summed E-state index contributed by atoms with van der Waals surface area (Å²) >= 11 is 0. The standard InChI is InChI=1S/C15H17FN6O/c1-10-19-20-15(23-10)22-8-12(16)6-13(22)9-21(2)14-11(7-17)4-3-5-18-14/h3-5,12-13H,6,8-9H2,1-2H3/t12-,13-/m0/s1. The zero-order valence-corrected chi connectivity index (χ0v) is 13.0. The number of likely N-dealkylation sites (N-methyl/N-ethyl adjacent to an activating group) is 1. The molecule has 8 heteroatoms. The first-order valence-corrected chi connectivity index (χ1v) is 7.35. The van der Waals surface area contributed by atoms with Crippen LogP contribution in [0.4, 0.5) is 16.2 Å². The fraction of sp³-hybridized carbons (Fsp3) is 0.467. The molecule has 3 rings (SSSR count). The minimum absolute atomic E-state index is 0.122. The molecular weight excluding hydrogens is 299 g/mol. The van der Waals surface area contributed by atoms with E-state index in [9.17, 15) is 9.65 Å². The highest BCUT2D eigenvalue weighted by Gasteiger charge is 2.36. The molecule has 0 radical (unpaired) electrons. The van der Waals surface area contributed by atoms with E-state index in [0.717, 1.165) is 0 Å². The number of pyridine rings is 1. The lowest BCUT2D eigenvalue weighted by Gasteiger charge is -2.28. The van der Waals surface area contributed by atoms with Crippen LogP contribution in [-0.2, 0) is 0 Å². The second-order valence-electron chi connectivity index (χ2n) is 5.61. The first kappa shape index (κ1) is 15.2. The molecule has 3 heterocycles. The van der Waals surface area contributed by atoms with Crippen molar-refractivity contribution in [2.45, 2.75) is 25.6 Å². The zero-order chi connectivity index (χ0) is 16.4. The summed E-state index contributed by atoms with van der Waals surface area (Å²) in [5.74, 6) is 1.03. The van der Waals surface area contributed by atoms with Gasteiger partial charge in [0.2, 0.25) is 5.89 Å². The molecule has 7 nitrogen and oxygen atoms in total. The molecule has 2 aromatic rings. The average molecular weight is 316 g/mol. The predicted octanol–water partition coefficient (Wildman–Crippen LogP) is 1.70. The van der Waals surface area contributed by atoms with Gasteiger partial charge < -0.3 is 14.2 Å². The van der Waals surface area contributed by atoms with Gasteiger partial charge in [-0.3, -0.25) is 0 Å². The number of aryl methyl sites for hydroxylation is 1. The Morgan fingerprint density at radius 3 is 3.04 bits per heavy atom. The molecule has 1 aliphatic heterocycles. The largest absolute Gasteiger partial charge is 0.408 e. The van der Waals surface area contributed by atoms with Gasteiger partial charge in [0.05, 0.1) is 18.2 Å². The van der Waals surface area contributed by atoms with Crippen LogP contribution in [0.5, 0.6) is 0 Å². The molecule has 0 aliphatic carbocycles. The molecule has 120 valence electrons. The van der Waals surface area contributed by atoms with Gasteiger partial charge in [-0.25, -0.2) is 9.37 Å². The van der Waals surface area contributed by atoms with E-state index in [1.54, 1.807) is 30.2 Å². The molecular formula is C15H17FN6O. The van der Waals surface area contributed by atoms with E-state index in [-0.39, 0.29) is 12.6 Å². The van der Waals surface area contributed by atoms with Crippen molar-refractivity contribution in [1.82, 2.24) is 15.2 Å². The highest BCUT2D eigenvalue weighted by molar-refractivity contribution is 5.53. The number of hydrogen-bond donors (Lipinski definition) is 0. The van der Waals surface area contributed by atoms with Crippen LogP contribution in [0.2, 0.25) is 0 Å². The molecule has 0 spiro atoms. The Morgan fingerprint density at radius 1 is 1.52 bits per heavy atom. The van der Waals surface area contributed by atoms with Crippen LogP contribution in [0, 0.1) is 18.3 Å². The number of aromatic nitrogens is 3. The third-order valence-electron chi connectivity index (χ3n) is 3.88. The normalized spacial score (nSPS) is 20.5. The Labute approximate surface area is 133 Å². The SMILES string of the molecule is Cc1nnc(N2C[C@@H](F)C[C@H]2CN(C)c2ncccc2C#N)o1. The number of halogens is 1. The Morgan fingerprint density at radius 2 is 2.35 bits per heavy atom. The van der Waals surface area contributed by atoms with Crippen LogP contribution in [0.1, 0.15) is 17.9 Å². The molecule has 1 aliphatic rings. The van der Waals surface area contributed by atoms with E-state index in [0.29, 0.717) is 36.3 Å². The Hall–Kier alpha value is -2.69. The van der Waals surface area contributed by atoms with E-state index in [4.69, 9.17) is 4.42 Å². The van der Waals surface area contributed by atoms with Crippen LogP contribution in [0.25, 0.3) is 0 Å². The van der Waals surface area contributed by atoms with E-state index in [1.807, 2.05) is 11.9 Å². The highest BCUT2D eigenvalue weighted by Crippen LogP contribution is 2.28. The Kier molecular flexibility index (Phi) is 4.10. The summed E-state index contributed by atoms with van der Waals surface area (Å²) in [6.07, 6.45) is 1.07. The molecule has 0 saturated carbocycles. The van der Waals surface area contributed by atoms with Gasteiger partial charge in [0.15, 0.2) is 0 Å². The number of hydrogen-bond acceptors (Lipinski definition) is 7. The molecule has 0 aromatic carbocycles. The molecule has 2 aromatic heterocycles. The first-order valence-electron chi connectivity index (χ1n) is 7.35. The van der Waals surface area contributed by atoms with Gasteiger partial charge in [0.1, 0.15) is 18.1 Å². The summed E-state index contributed by atoms with van der Waals surface area (Å²) in [6.45, 7) is 2.44. The smallest absolute Gasteiger partial charge is 0.318 e. The van der Waals surface area contributed by atoms with Crippen molar-refractivity contribution in [3.63, 3.8) is 0 Å². The predicted molar refractivity (Wildman–Crippen MR) is 81.9 cm³/mol. The topological polar surface area (TPSA) is 82.1 Å². The van der Waals surface area contributed by atoms with Gasteiger partial charge in [-0.1, -0.05) is 5.10 Å². The monoisotopic (exact) mass is 316 g/mol. The lowest BCUT2D eigenvalue weighted by atomic mass is 10.2. The highest BCUT2D eigenvalue weighted by atomic mass is 19.1. The maximum Gasteiger partial charge on any atom is 0.318 e. The Balaban J connectivity index is 1.79. The summed E-state index contributed by atoms with van der Waals surface area (Å²) in [6, 6.07) is 5.77. The molecule has 0 unspecified atom stereocenters. The van der Waals surface area contributed by atoms with E-state index < -0.39 is 6.17 Å². The number of rotatable bonds is 4. The quantitative estimate of drug-likeness (QED) is 0.849. The van der Waals surface area contributed by atoms with Crippen molar-refractivity contribution in [2.75, 3.05) is 29.9 Å². The average Bonchev–Trinajstić information content (AvgIpc) is 3.12. The van der Waals surface area contributed by atoms with Gasteiger partial charge in [0, 0.05) is 33.1 Å². The summed E-state index contributed by atoms with van der Waals surface area (Å²) in [4.78, 5) is 7.90. The van der Waals surface area contributed by atoms with E-state index in [2.05, 4.69) is 21.3 Å². The second kappa shape index (κ2) is 6.20. The van der Waals surface area contributed by atoms with Crippen LogP contribution in [0.3, 0.4) is 0 Å². The number of nitrogens with zero attached hydrogens (tertiary/aromatic N) is 6. The van der Waals surface area contributed by atoms with Gasteiger partial charge in [-0.2, -0.15) is 5.26 Å². The number of anilines is 2. The molecule has 23 heavy (non-hydrogen) atoms. The van der Waals surface area contributed by atoms with Gasteiger partial charge >= 0.3 is 6.01 Å². The zero-order valence-electron chi connectivity index (χ0n) is 13.0. The number of alkyl halides is 1. The van der Waals surface area contributed by atoms with Crippen molar-refractivity contribution in [3.8, 4) is 6.07 Å². The third-order valence-corrected chi connectivity index (χ3v) is 3.88. The van der Waals surface area contributed by atoms with Crippen LogP contribution in [-0.4, -0.2) is 47.5 Å². The van der Waals surface area contributed by atoms with Crippen LogP contribution < -0.4 is 9.80 Å². The van der Waals surface area contributed by atoms with E-state index >= 15 is 0 Å². The van der Waals surface area contributed by atoms with Gasteiger partial charge in [-0.05, 0) is 12.1 Å². The van der Waals surface area contributed by atoms with E-state index in [1.165, 1.54) is 0 Å². The fourth-order valence-corrected chi connectivity index (χ4v) is 2.86. The van der Waals surface area contributed by atoms with Crippen molar-refractivity contribution >= 4 is 11.8 Å². The molecule has 0 bridgehead atoms. The molecule has 0 amide bonds. The first-order chi connectivity index (χ1) is 11.1. The minimum Gasteiger partial charge on any atom is -0.408 e. The minimum atomic E-state index is -0.945. The Bertz CT molecular complexity index is 727. The summed E-state index contributed by atoms with van der Waals surface area (Å²) in [5, 5.41) is 17.0. The molecule has 0 N–H and O–H groups in total. The maximum absolute atomic E-state index is 13.9. The molecule has 2 atom stereocenters. The summed E-state index contributed by atoms with van der Waals surface area (Å²) in [5.41, 5.74) is 0.491. The summed E-state index contributed by atoms with van der Waals surface area (Å²) in [7, 11) is 1.84. The molecule has 1 fully saturated rings. The lowest BCUT2D eigenvalue weighted by Crippen LogP contribution is -2.39. The maximum atomic E-state index is 13.9. The van der Waals surface area contributed by atoms with Gasteiger partial charge in [-0.15, -0.1) is 5.10 Å². The molecule has 1 saturated heterocycles. The van der Waals surface area contributed by atoms with Gasteiger partial charge in [0.25, 0.3) is 0 Å². The third kappa shape index (κ3) is 3.08. The van der Waals surface area contributed by atoms with Crippen molar-refractivity contribution in [3.05, 3.63) is 29.8 Å². The fourth-order valence-electron chi connectivity index (χ4n) is 2.86. The second-order valence-corrected chi connectivity index (χ2v) is 5.61. The van der Waals surface area contributed by atoms with Crippen LogP contribution in [0.15, 0.2) is 22.7 Å². The van der Waals surface area contributed by atoms with Crippen LogP contribution >= 0.6 is 0 Å².